The third kappa shape index (κ3) is 4.11. The van der Waals surface area contributed by atoms with E-state index in [9.17, 15) is 4.79 Å². The van der Waals surface area contributed by atoms with Crippen molar-refractivity contribution in [2.75, 3.05) is 31.1 Å². The fourth-order valence-corrected chi connectivity index (χ4v) is 4.24. The van der Waals surface area contributed by atoms with E-state index in [1.54, 1.807) is 6.07 Å². The molecule has 0 unspecified atom stereocenters. The van der Waals surface area contributed by atoms with Crippen molar-refractivity contribution >= 4 is 34.9 Å². The highest BCUT2D eigenvalue weighted by Crippen LogP contribution is 2.32. The standard InChI is InChI=1S/C21H24Cl2N4O/c1-13-18(11-16-5-6-17(22)12-19(16)23)20(25-14(2)24-13)26-7-9-27(10-8-26)21(28)15-3-4-15/h5-6,12,15H,3-4,7-11H2,1-2H3. The van der Waals surface area contributed by atoms with Crippen LogP contribution in [0.15, 0.2) is 18.2 Å². The lowest BCUT2D eigenvalue weighted by Gasteiger charge is -2.36. The Hall–Kier alpha value is -1.85. The summed E-state index contributed by atoms with van der Waals surface area (Å²) in [5.41, 5.74) is 3.05. The number of rotatable bonds is 4. The number of hydrogen-bond acceptors (Lipinski definition) is 4. The number of carbonyl (C=O) groups excluding carboxylic acids is 1. The molecule has 7 heteroatoms. The molecule has 2 aromatic rings. The predicted molar refractivity (Wildman–Crippen MR) is 112 cm³/mol. The topological polar surface area (TPSA) is 49.3 Å². The molecule has 5 nitrogen and oxygen atoms in total. The monoisotopic (exact) mass is 418 g/mol. The Kier molecular flexibility index (Phi) is 5.48. The second-order valence-corrected chi connectivity index (χ2v) is 8.50. The van der Waals surface area contributed by atoms with Crippen molar-refractivity contribution in [1.82, 2.24) is 14.9 Å². The highest BCUT2D eigenvalue weighted by molar-refractivity contribution is 6.35. The van der Waals surface area contributed by atoms with E-state index in [1.807, 2.05) is 30.9 Å². The second-order valence-electron chi connectivity index (χ2n) is 7.66. The van der Waals surface area contributed by atoms with Crippen molar-refractivity contribution in [2.45, 2.75) is 33.1 Å². The molecule has 1 aliphatic carbocycles. The summed E-state index contributed by atoms with van der Waals surface area (Å²) in [6, 6.07) is 5.58. The summed E-state index contributed by atoms with van der Waals surface area (Å²) in [6.45, 7) is 7.01. The lowest BCUT2D eigenvalue weighted by molar-refractivity contribution is -0.132. The van der Waals surface area contributed by atoms with Crippen LogP contribution in [0.4, 0.5) is 5.82 Å². The molecule has 0 N–H and O–H groups in total. The van der Waals surface area contributed by atoms with Crippen LogP contribution in [0.3, 0.4) is 0 Å². The van der Waals surface area contributed by atoms with E-state index in [1.165, 1.54) is 0 Å². The molecule has 4 rings (SSSR count). The third-order valence-corrected chi connectivity index (χ3v) is 6.09. The maximum Gasteiger partial charge on any atom is 0.225 e. The van der Waals surface area contributed by atoms with Crippen LogP contribution < -0.4 is 4.90 Å². The fourth-order valence-electron chi connectivity index (χ4n) is 3.77. The summed E-state index contributed by atoms with van der Waals surface area (Å²) in [7, 11) is 0. The van der Waals surface area contributed by atoms with E-state index in [-0.39, 0.29) is 5.92 Å². The van der Waals surface area contributed by atoms with Gasteiger partial charge in [-0.05, 0) is 44.4 Å². The van der Waals surface area contributed by atoms with Gasteiger partial charge in [0, 0.05) is 59.8 Å². The highest BCUT2D eigenvalue weighted by Gasteiger charge is 2.35. The van der Waals surface area contributed by atoms with Crippen LogP contribution in [0.2, 0.25) is 10.0 Å². The molecule has 0 atom stereocenters. The van der Waals surface area contributed by atoms with Crippen molar-refractivity contribution in [3.05, 3.63) is 50.9 Å². The van der Waals surface area contributed by atoms with Gasteiger partial charge in [0.25, 0.3) is 0 Å². The van der Waals surface area contributed by atoms with Gasteiger partial charge in [-0.1, -0.05) is 29.3 Å². The van der Waals surface area contributed by atoms with Crippen LogP contribution in [0.5, 0.6) is 0 Å². The van der Waals surface area contributed by atoms with Gasteiger partial charge in [-0.2, -0.15) is 0 Å². The Bertz CT molecular complexity index is 906. The Morgan fingerprint density at radius 2 is 1.82 bits per heavy atom. The van der Waals surface area contributed by atoms with Crippen LogP contribution in [-0.2, 0) is 11.2 Å². The zero-order valence-corrected chi connectivity index (χ0v) is 17.7. The van der Waals surface area contributed by atoms with Crippen molar-refractivity contribution in [2.24, 2.45) is 5.92 Å². The molecule has 1 saturated heterocycles. The normalized spacial score (nSPS) is 17.1. The number of benzene rings is 1. The Balaban J connectivity index is 1.57. The molecule has 1 aliphatic heterocycles. The molecular weight excluding hydrogens is 395 g/mol. The van der Waals surface area contributed by atoms with Crippen LogP contribution >= 0.6 is 23.2 Å². The average molecular weight is 419 g/mol. The van der Waals surface area contributed by atoms with E-state index < -0.39 is 0 Å². The molecule has 2 heterocycles. The van der Waals surface area contributed by atoms with Crippen molar-refractivity contribution in [3.63, 3.8) is 0 Å². The minimum Gasteiger partial charge on any atom is -0.353 e. The number of halogens is 2. The summed E-state index contributed by atoms with van der Waals surface area (Å²) in [5.74, 6) is 2.31. The van der Waals surface area contributed by atoms with Gasteiger partial charge in [0.2, 0.25) is 5.91 Å². The Labute approximate surface area is 175 Å². The molecular formula is C21H24Cl2N4O. The van der Waals surface area contributed by atoms with E-state index >= 15 is 0 Å². The molecule has 0 radical (unpaired) electrons. The van der Waals surface area contributed by atoms with Gasteiger partial charge in [0.05, 0.1) is 0 Å². The Morgan fingerprint density at radius 3 is 2.46 bits per heavy atom. The van der Waals surface area contributed by atoms with Gasteiger partial charge >= 0.3 is 0 Å². The van der Waals surface area contributed by atoms with E-state index in [0.717, 1.165) is 67.5 Å². The molecule has 1 amide bonds. The van der Waals surface area contributed by atoms with E-state index in [2.05, 4.69) is 9.88 Å². The van der Waals surface area contributed by atoms with E-state index in [4.69, 9.17) is 28.2 Å². The van der Waals surface area contributed by atoms with Crippen LogP contribution in [-0.4, -0.2) is 47.0 Å². The summed E-state index contributed by atoms with van der Waals surface area (Å²) < 4.78 is 0. The highest BCUT2D eigenvalue weighted by atomic mass is 35.5. The number of nitrogens with zero attached hydrogens (tertiary/aromatic N) is 4. The smallest absolute Gasteiger partial charge is 0.225 e. The van der Waals surface area contributed by atoms with Gasteiger partial charge in [0.1, 0.15) is 11.6 Å². The first-order valence-electron chi connectivity index (χ1n) is 9.74. The number of hydrogen-bond donors (Lipinski definition) is 0. The predicted octanol–water partition coefficient (Wildman–Crippen LogP) is 4.05. The lowest BCUT2D eigenvalue weighted by Crippen LogP contribution is -2.49. The van der Waals surface area contributed by atoms with E-state index in [0.29, 0.717) is 22.4 Å². The summed E-state index contributed by atoms with van der Waals surface area (Å²) >= 11 is 12.4. The number of aryl methyl sites for hydroxylation is 2. The first-order chi connectivity index (χ1) is 13.4. The first-order valence-corrected chi connectivity index (χ1v) is 10.5. The largest absolute Gasteiger partial charge is 0.353 e. The number of amides is 1. The zero-order chi connectivity index (χ0) is 19.8. The number of piperazine rings is 1. The summed E-state index contributed by atoms with van der Waals surface area (Å²) in [6.07, 6.45) is 2.75. The first kappa shape index (κ1) is 19.5. The molecule has 0 spiro atoms. The number of aromatic nitrogens is 2. The molecule has 1 aromatic carbocycles. The van der Waals surface area contributed by atoms with Crippen LogP contribution in [0, 0.1) is 19.8 Å². The number of carbonyl (C=O) groups is 1. The minimum atomic E-state index is 0.276. The fraction of sp³-hybridized carbons (Fsp3) is 0.476. The Morgan fingerprint density at radius 1 is 1.11 bits per heavy atom. The third-order valence-electron chi connectivity index (χ3n) is 5.50. The van der Waals surface area contributed by atoms with Gasteiger partial charge in [-0.25, -0.2) is 9.97 Å². The maximum atomic E-state index is 12.3. The molecule has 148 valence electrons. The summed E-state index contributed by atoms with van der Waals surface area (Å²) in [5, 5.41) is 1.28. The van der Waals surface area contributed by atoms with Crippen molar-refractivity contribution < 1.29 is 4.79 Å². The quantitative estimate of drug-likeness (QED) is 0.751. The molecule has 2 aliphatic rings. The maximum absolute atomic E-state index is 12.3. The van der Waals surface area contributed by atoms with Gasteiger partial charge < -0.3 is 9.80 Å². The second kappa shape index (κ2) is 7.88. The summed E-state index contributed by atoms with van der Waals surface area (Å²) in [4.78, 5) is 26.0. The number of anilines is 1. The molecule has 0 bridgehead atoms. The minimum absolute atomic E-state index is 0.276. The van der Waals surface area contributed by atoms with Crippen LogP contribution in [0.1, 0.15) is 35.5 Å². The van der Waals surface area contributed by atoms with Crippen molar-refractivity contribution in [1.29, 1.82) is 0 Å². The SMILES string of the molecule is Cc1nc(C)c(Cc2ccc(Cl)cc2Cl)c(N2CCN(C(=O)C3CC3)CC2)n1. The molecule has 1 aromatic heterocycles. The van der Waals surface area contributed by atoms with Gasteiger partial charge in [0.15, 0.2) is 0 Å². The molecule has 1 saturated carbocycles. The van der Waals surface area contributed by atoms with Crippen LogP contribution in [0.25, 0.3) is 0 Å². The zero-order valence-electron chi connectivity index (χ0n) is 16.2. The molecule has 28 heavy (non-hydrogen) atoms. The van der Waals surface area contributed by atoms with Crippen molar-refractivity contribution in [3.8, 4) is 0 Å². The average Bonchev–Trinajstić information content (AvgIpc) is 3.50. The van der Waals surface area contributed by atoms with Gasteiger partial charge in [-0.3, -0.25) is 4.79 Å². The lowest BCUT2D eigenvalue weighted by atomic mass is 10.0. The molecule has 2 fully saturated rings. The van der Waals surface area contributed by atoms with Gasteiger partial charge in [-0.15, -0.1) is 0 Å².